The summed E-state index contributed by atoms with van der Waals surface area (Å²) in [6.45, 7) is 6.19. The predicted molar refractivity (Wildman–Crippen MR) is 137 cm³/mol. The van der Waals surface area contributed by atoms with Gasteiger partial charge in [-0.2, -0.15) is 4.57 Å². The molecule has 5 heterocycles. The van der Waals surface area contributed by atoms with Crippen LogP contribution in [-0.2, 0) is 14.4 Å². The van der Waals surface area contributed by atoms with Crippen LogP contribution in [0.1, 0.15) is 65.3 Å². The largest absolute Gasteiger partial charge is 0.477 e. The van der Waals surface area contributed by atoms with Crippen LogP contribution in [0.5, 0.6) is 0 Å². The number of thiazole rings is 1. The molecule has 2 aliphatic rings. The fourth-order valence-electron chi connectivity index (χ4n) is 5.45. The zero-order chi connectivity index (χ0) is 28.5. The minimum atomic E-state index is -1.28. The minimum absolute atomic E-state index is 0.00509. The highest BCUT2D eigenvalue weighted by atomic mass is 32.1. The number of carbonyl (C=O) groups is 5. The number of aliphatic carboxylic acids is 1. The van der Waals surface area contributed by atoms with Gasteiger partial charge < -0.3 is 20.8 Å². The molecular weight excluding hydrogens is 526 g/mol. The Morgan fingerprint density at radius 3 is 2.51 bits per heavy atom. The van der Waals surface area contributed by atoms with E-state index in [1.807, 2.05) is 0 Å². The number of aromatic nitrogens is 3. The fourth-order valence-corrected chi connectivity index (χ4v) is 6.68. The van der Waals surface area contributed by atoms with Crippen LogP contribution in [0, 0.1) is 11.8 Å². The molecule has 1 unspecified atom stereocenters. The third-order valence-electron chi connectivity index (χ3n) is 7.43. The highest BCUT2D eigenvalue weighted by molar-refractivity contribution is 7.18. The molecule has 3 aromatic heterocycles. The van der Waals surface area contributed by atoms with Crippen LogP contribution in [-0.4, -0.2) is 66.0 Å². The van der Waals surface area contributed by atoms with Gasteiger partial charge in [0.2, 0.25) is 17.7 Å². The highest BCUT2D eigenvalue weighted by Gasteiger charge is 2.60. The number of aliphatic hydroxyl groups is 1. The number of nitrogens with zero attached hydrogens (tertiary/aromatic N) is 4. The van der Waals surface area contributed by atoms with Gasteiger partial charge in [-0.05, 0) is 13.0 Å². The van der Waals surface area contributed by atoms with Gasteiger partial charge in [0, 0.05) is 37.6 Å². The molecule has 5 rings (SSSR count). The van der Waals surface area contributed by atoms with Crippen LogP contribution in [0.15, 0.2) is 36.4 Å². The molecule has 0 aromatic carbocycles. The topological polar surface area (TPSA) is 176 Å². The normalized spacial score (nSPS) is 22.0. The first-order valence-electron chi connectivity index (χ1n) is 12.2. The van der Waals surface area contributed by atoms with Crippen molar-refractivity contribution in [3.05, 3.63) is 58.4 Å². The number of amides is 2. The maximum Gasteiger partial charge on any atom is 0.352 e. The summed E-state index contributed by atoms with van der Waals surface area (Å²) >= 11 is 1.09. The number of hydrogen-bond donors (Lipinski definition) is 3. The van der Waals surface area contributed by atoms with Crippen LogP contribution < -0.4 is 10.3 Å². The number of imidazole rings is 1. The van der Waals surface area contributed by atoms with Gasteiger partial charge in [0.05, 0.1) is 28.5 Å². The Morgan fingerprint density at radius 1 is 1.23 bits per heavy atom. The molecule has 1 saturated heterocycles. The number of carboxylic acid groups (broad SMARTS) is 1. The first-order chi connectivity index (χ1) is 18.3. The molecule has 1 fully saturated rings. The molecule has 4 N–H and O–H groups in total. The number of hydrogen-bond acceptors (Lipinski definition) is 8. The van der Waals surface area contributed by atoms with Crippen molar-refractivity contribution in [1.82, 2.24) is 14.3 Å². The van der Waals surface area contributed by atoms with Crippen molar-refractivity contribution in [3.63, 3.8) is 0 Å². The Balaban J connectivity index is 1.64. The van der Waals surface area contributed by atoms with Crippen molar-refractivity contribution in [3.8, 4) is 0 Å². The van der Waals surface area contributed by atoms with Crippen molar-refractivity contribution in [2.24, 2.45) is 17.6 Å². The molecule has 202 valence electrons. The first kappa shape index (κ1) is 26.4. The third kappa shape index (κ3) is 3.88. The SMILES string of the molecule is CC(=O)c1nc(C(=O)c2ccc[n+](C(C)C(N)=O)c2)c2sc(C3=C(C(=O)O)N4C(=O)[C@H]([C@@H](C)O)[C@H]4[C@H]3C)cn12. The summed E-state index contributed by atoms with van der Waals surface area (Å²) in [7, 11) is 0. The Hall–Kier alpha value is -4.23. The molecule has 0 radical (unpaired) electrons. The van der Waals surface area contributed by atoms with Crippen LogP contribution in [0.3, 0.4) is 0 Å². The molecule has 0 bridgehead atoms. The van der Waals surface area contributed by atoms with Crippen molar-refractivity contribution < 1.29 is 38.8 Å². The molecule has 0 aliphatic carbocycles. The standard InChI is InChI=1S/C26H25N5O7S/c1-10-16(20(26(37)38)31-19(10)17(12(3)32)24(31)36)15-9-30-23(13(4)33)28-18(25(30)39-15)21(34)14-6-5-7-29(8-14)11(2)22(27)35/h5-12,17,19,32H,1-4H3,(H2-,27,35,37,38)/p+1/t10-,11?,12+,17+,19+/m0/s1. The van der Waals surface area contributed by atoms with Crippen LogP contribution in [0.2, 0.25) is 0 Å². The van der Waals surface area contributed by atoms with E-state index >= 15 is 0 Å². The number of primary amides is 1. The quantitative estimate of drug-likeness (QED) is 0.209. The van der Waals surface area contributed by atoms with E-state index in [1.165, 1.54) is 33.9 Å². The lowest BCUT2D eigenvalue weighted by molar-refractivity contribution is -0.706. The molecule has 2 amide bonds. The average Bonchev–Trinajstić information content (AvgIpc) is 3.51. The molecule has 3 aromatic rings. The summed E-state index contributed by atoms with van der Waals surface area (Å²) in [5.74, 6) is -4.38. The van der Waals surface area contributed by atoms with E-state index in [2.05, 4.69) is 4.98 Å². The van der Waals surface area contributed by atoms with Gasteiger partial charge in [-0.15, -0.1) is 11.3 Å². The van der Waals surface area contributed by atoms with Crippen molar-refractivity contribution in [2.45, 2.75) is 45.9 Å². The van der Waals surface area contributed by atoms with E-state index in [-0.39, 0.29) is 22.8 Å². The maximum absolute atomic E-state index is 13.6. The van der Waals surface area contributed by atoms with Crippen molar-refractivity contribution >= 4 is 51.1 Å². The van der Waals surface area contributed by atoms with E-state index in [9.17, 15) is 34.2 Å². The lowest BCUT2D eigenvalue weighted by Gasteiger charge is -2.46. The van der Waals surface area contributed by atoms with Gasteiger partial charge in [0.15, 0.2) is 24.0 Å². The zero-order valence-electron chi connectivity index (χ0n) is 21.5. The van der Waals surface area contributed by atoms with Crippen LogP contribution >= 0.6 is 11.3 Å². The Labute approximate surface area is 226 Å². The van der Waals surface area contributed by atoms with E-state index in [4.69, 9.17) is 5.73 Å². The monoisotopic (exact) mass is 552 g/mol. The summed E-state index contributed by atoms with van der Waals surface area (Å²) in [6, 6.07) is 1.93. The molecule has 12 nitrogen and oxygen atoms in total. The summed E-state index contributed by atoms with van der Waals surface area (Å²) in [4.78, 5) is 69.0. The summed E-state index contributed by atoms with van der Waals surface area (Å²) in [5, 5.41) is 20.2. The van der Waals surface area contributed by atoms with Crippen molar-refractivity contribution in [1.29, 1.82) is 0 Å². The Kier molecular flexibility index (Phi) is 6.23. The van der Waals surface area contributed by atoms with Gasteiger partial charge in [-0.3, -0.25) is 23.6 Å². The second-order valence-electron chi connectivity index (χ2n) is 9.88. The summed E-state index contributed by atoms with van der Waals surface area (Å²) in [6.07, 6.45) is 3.69. The number of aliphatic hydroxyl groups excluding tert-OH is 1. The maximum atomic E-state index is 13.6. The minimum Gasteiger partial charge on any atom is -0.477 e. The lowest BCUT2D eigenvalue weighted by atomic mass is 9.77. The number of fused-ring (bicyclic) bond motifs is 2. The molecule has 39 heavy (non-hydrogen) atoms. The van der Waals surface area contributed by atoms with E-state index in [0.717, 1.165) is 11.3 Å². The number of nitrogens with two attached hydrogens (primary N) is 1. The van der Waals surface area contributed by atoms with Gasteiger partial charge in [-0.25, -0.2) is 9.78 Å². The van der Waals surface area contributed by atoms with Gasteiger partial charge in [-0.1, -0.05) is 6.92 Å². The van der Waals surface area contributed by atoms with Gasteiger partial charge >= 0.3 is 5.97 Å². The van der Waals surface area contributed by atoms with Gasteiger partial charge in [0.25, 0.3) is 5.91 Å². The van der Waals surface area contributed by atoms with E-state index in [0.29, 0.717) is 15.3 Å². The third-order valence-corrected chi connectivity index (χ3v) is 8.56. The predicted octanol–water partition coefficient (Wildman–Crippen LogP) is 0.816. The molecule has 13 heteroatoms. The van der Waals surface area contributed by atoms with Crippen LogP contribution in [0.4, 0.5) is 0 Å². The number of pyridine rings is 1. The van der Waals surface area contributed by atoms with Crippen molar-refractivity contribution in [2.75, 3.05) is 0 Å². The number of Topliss-reactive ketones (excluding diaryl/α,β-unsaturated/α-hetero) is 1. The molecule has 5 atom stereocenters. The highest BCUT2D eigenvalue weighted by Crippen LogP contribution is 2.51. The second-order valence-corrected chi connectivity index (χ2v) is 10.9. The van der Waals surface area contributed by atoms with Gasteiger partial charge in [0.1, 0.15) is 16.2 Å². The number of carboxylic acids is 1. The number of rotatable bonds is 8. The van der Waals surface area contributed by atoms with Crippen LogP contribution in [0.25, 0.3) is 10.4 Å². The lowest BCUT2D eigenvalue weighted by Crippen LogP contribution is -2.63. The first-order valence-corrected chi connectivity index (χ1v) is 13.0. The average molecular weight is 553 g/mol. The van der Waals surface area contributed by atoms with E-state index < -0.39 is 59.4 Å². The molecule has 0 spiro atoms. The molecule has 2 aliphatic heterocycles. The fraction of sp³-hybridized carbons (Fsp3) is 0.346. The van der Waals surface area contributed by atoms with E-state index in [1.54, 1.807) is 38.4 Å². The molecule has 0 saturated carbocycles. The summed E-state index contributed by atoms with van der Waals surface area (Å²) < 4.78 is 2.96. The molecular formula is C26H26N5O7S+. The number of β-lactam (4-membered cyclic amide) rings is 1. The second kappa shape index (κ2) is 9.20. The zero-order valence-corrected chi connectivity index (χ0v) is 22.3. The smallest absolute Gasteiger partial charge is 0.352 e. The Bertz CT molecular complexity index is 1630. The number of carbonyl (C=O) groups excluding carboxylic acids is 4. The number of ketones is 2. The Morgan fingerprint density at radius 2 is 1.92 bits per heavy atom. The summed E-state index contributed by atoms with van der Waals surface area (Å²) in [5.41, 5.74) is 5.82.